The topological polar surface area (TPSA) is 64.7 Å². The quantitative estimate of drug-likeness (QED) is 0.862. The Hall–Kier alpha value is -1.81. The molecule has 0 amide bonds. The summed E-state index contributed by atoms with van der Waals surface area (Å²) in [6, 6.07) is 5.82. The largest absolute Gasteiger partial charge is 0.329 e. The molecule has 4 heteroatoms. The summed E-state index contributed by atoms with van der Waals surface area (Å²) in [4.78, 5) is 13.1. The van der Waals surface area contributed by atoms with Gasteiger partial charge in [0, 0.05) is 36.1 Å². The monoisotopic (exact) mass is 226 g/mol. The van der Waals surface area contributed by atoms with Gasteiger partial charge < -0.3 is 5.73 Å². The van der Waals surface area contributed by atoms with Crippen LogP contribution in [0, 0.1) is 0 Å². The van der Waals surface area contributed by atoms with Crippen molar-refractivity contribution in [1.82, 2.24) is 15.0 Å². The van der Waals surface area contributed by atoms with Crippen molar-refractivity contribution in [2.75, 3.05) is 6.54 Å². The highest BCUT2D eigenvalue weighted by Crippen LogP contribution is 2.45. The van der Waals surface area contributed by atoms with Crippen molar-refractivity contribution in [2.45, 2.75) is 18.3 Å². The number of pyridine rings is 1. The molecule has 86 valence electrons. The number of nitrogens with zero attached hydrogens (tertiary/aromatic N) is 3. The summed E-state index contributed by atoms with van der Waals surface area (Å²) in [7, 11) is 0. The molecule has 1 saturated carbocycles. The molecule has 1 fully saturated rings. The third-order valence-corrected chi connectivity index (χ3v) is 3.33. The SMILES string of the molecule is NCC1(c2nccc(-c3cccnc3)n2)CC1. The second-order valence-electron chi connectivity index (χ2n) is 4.49. The fraction of sp³-hybridized carbons (Fsp3) is 0.308. The van der Waals surface area contributed by atoms with Gasteiger partial charge in [0.2, 0.25) is 0 Å². The van der Waals surface area contributed by atoms with Gasteiger partial charge >= 0.3 is 0 Å². The minimum Gasteiger partial charge on any atom is -0.329 e. The molecule has 2 aromatic heterocycles. The summed E-state index contributed by atoms with van der Waals surface area (Å²) in [6.45, 7) is 0.628. The van der Waals surface area contributed by atoms with Crippen LogP contribution >= 0.6 is 0 Å². The molecule has 4 nitrogen and oxygen atoms in total. The maximum Gasteiger partial charge on any atom is 0.136 e. The number of aromatic nitrogens is 3. The molecule has 2 N–H and O–H groups in total. The Bertz CT molecular complexity index is 520. The van der Waals surface area contributed by atoms with E-state index in [2.05, 4.69) is 15.0 Å². The lowest BCUT2D eigenvalue weighted by Crippen LogP contribution is -2.22. The Labute approximate surface area is 99.9 Å². The summed E-state index contributed by atoms with van der Waals surface area (Å²) in [5.74, 6) is 0.876. The summed E-state index contributed by atoms with van der Waals surface area (Å²) < 4.78 is 0. The zero-order valence-electron chi connectivity index (χ0n) is 9.50. The van der Waals surface area contributed by atoms with E-state index in [0.717, 1.165) is 29.9 Å². The van der Waals surface area contributed by atoms with E-state index in [1.54, 1.807) is 12.4 Å². The standard InChI is InChI=1S/C13H14N4/c14-9-13(4-5-13)12-16-7-3-11(17-12)10-2-1-6-15-8-10/h1-3,6-8H,4-5,9,14H2. The van der Waals surface area contributed by atoms with E-state index in [4.69, 9.17) is 5.73 Å². The van der Waals surface area contributed by atoms with Crippen LogP contribution in [-0.2, 0) is 5.41 Å². The zero-order chi connectivity index (χ0) is 11.7. The van der Waals surface area contributed by atoms with E-state index in [1.807, 2.05) is 24.4 Å². The first kappa shape index (κ1) is 10.4. The number of nitrogens with two attached hydrogens (primary N) is 1. The van der Waals surface area contributed by atoms with Gasteiger partial charge in [-0.2, -0.15) is 0 Å². The summed E-state index contributed by atoms with van der Waals surface area (Å²) in [6.07, 6.45) is 7.57. The van der Waals surface area contributed by atoms with Gasteiger partial charge in [0.25, 0.3) is 0 Å². The van der Waals surface area contributed by atoms with Crippen LogP contribution in [0.2, 0.25) is 0 Å². The molecule has 2 heterocycles. The van der Waals surface area contributed by atoms with Crippen LogP contribution in [0.3, 0.4) is 0 Å². The Kier molecular flexibility index (Phi) is 2.37. The summed E-state index contributed by atoms with van der Waals surface area (Å²) >= 11 is 0. The Balaban J connectivity index is 2.00. The molecule has 0 atom stereocenters. The molecule has 0 aliphatic heterocycles. The first-order chi connectivity index (χ1) is 8.34. The van der Waals surface area contributed by atoms with Gasteiger partial charge in [-0.05, 0) is 31.0 Å². The molecule has 0 bridgehead atoms. The van der Waals surface area contributed by atoms with Gasteiger partial charge in [0.1, 0.15) is 5.82 Å². The third-order valence-electron chi connectivity index (χ3n) is 3.33. The van der Waals surface area contributed by atoms with Crippen molar-refractivity contribution >= 4 is 0 Å². The predicted molar refractivity (Wildman–Crippen MR) is 65.2 cm³/mol. The van der Waals surface area contributed by atoms with Gasteiger partial charge in [0.05, 0.1) is 5.69 Å². The molecule has 3 rings (SSSR count). The highest BCUT2D eigenvalue weighted by Gasteiger charge is 2.45. The van der Waals surface area contributed by atoms with E-state index in [9.17, 15) is 0 Å². The van der Waals surface area contributed by atoms with Crippen LogP contribution in [0.15, 0.2) is 36.8 Å². The van der Waals surface area contributed by atoms with Crippen molar-refractivity contribution in [3.05, 3.63) is 42.6 Å². The van der Waals surface area contributed by atoms with Crippen LogP contribution in [0.25, 0.3) is 11.3 Å². The van der Waals surface area contributed by atoms with E-state index in [-0.39, 0.29) is 5.41 Å². The van der Waals surface area contributed by atoms with Gasteiger partial charge in [-0.25, -0.2) is 9.97 Å². The predicted octanol–water partition coefficient (Wildman–Crippen LogP) is 1.53. The summed E-state index contributed by atoms with van der Waals surface area (Å²) in [5, 5.41) is 0. The maximum absolute atomic E-state index is 5.80. The lowest BCUT2D eigenvalue weighted by atomic mass is 10.1. The Morgan fingerprint density at radius 1 is 1.24 bits per heavy atom. The van der Waals surface area contributed by atoms with Crippen molar-refractivity contribution in [2.24, 2.45) is 5.73 Å². The van der Waals surface area contributed by atoms with E-state index >= 15 is 0 Å². The molecule has 0 radical (unpaired) electrons. The molecule has 0 unspecified atom stereocenters. The molecule has 0 aromatic carbocycles. The van der Waals surface area contributed by atoms with Crippen LogP contribution < -0.4 is 5.73 Å². The van der Waals surface area contributed by atoms with Crippen LogP contribution in [-0.4, -0.2) is 21.5 Å². The van der Waals surface area contributed by atoms with Crippen molar-refractivity contribution in [3.8, 4) is 11.3 Å². The molecular weight excluding hydrogens is 212 g/mol. The minimum absolute atomic E-state index is 0.0399. The second-order valence-corrected chi connectivity index (χ2v) is 4.49. The number of rotatable bonds is 3. The van der Waals surface area contributed by atoms with Crippen LogP contribution in [0.1, 0.15) is 18.7 Å². The van der Waals surface area contributed by atoms with E-state index in [1.165, 1.54) is 0 Å². The number of hydrogen-bond donors (Lipinski definition) is 1. The minimum atomic E-state index is 0.0399. The molecule has 1 aliphatic carbocycles. The van der Waals surface area contributed by atoms with Crippen molar-refractivity contribution < 1.29 is 0 Å². The lowest BCUT2D eigenvalue weighted by molar-refractivity contribution is 0.649. The highest BCUT2D eigenvalue weighted by molar-refractivity contribution is 5.57. The Morgan fingerprint density at radius 3 is 2.76 bits per heavy atom. The van der Waals surface area contributed by atoms with Crippen molar-refractivity contribution in [1.29, 1.82) is 0 Å². The first-order valence-electron chi connectivity index (χ1n) is 5.78. The lowest BCUT2D eigenvalue weighted by Gasteiger charge is -2.11. The normalized spacial score (nSPS) is 16.8. The first-order valence-corrected chi connectivity index (χ1v) is 5.78. The molecular formula is C13H14N4. The van der Waals surface area contributed by atoms with Crippen LogP contribution in [0.4, 0.5) is 0 Å². The fourth-order valence-corrected chi connectivity index (χ4v) is 1.96. The Morgan fingerprint density at radius 2 is 2.12 bits per heavy atom. The van der Waals surface area contributed by atoms with Gasteiger partial charge in [-0.3, -0.25) is 4.98 Å². The van der Waals surface area contributed by atoms with Gasteiger partial charge in [-0.1, -0.05) is 0 Å². The second kappa shape index (κ2) is 3.89. The average Bonchev–Trinajstić information content (AvgIpc) is 3.21. The smallest absolute Gasteiger partial charge is 0.136 e. The molecule has 0 saturated heterocycles. The van der Waals surface area contributed by atoms with E-state index in [0.29, 0.717) is 6.54 Å². The molecule has 2 aromatic rings. The zero-order valence-corrected chi connectivity index (χ0v) is 9.50. The highest BCUT2D eigenvalue weighted by atomic mass is 14.9. The third kappa shape index (κ3) is 1.80. The molecule has 17 heavy (non-hydrogen) atoms. The molecule has 1 aliphatic rings. The molecule has 0 spiro atoms. The van der Waals surface area contributed by atoms with Crippen molar-refractivity contribution in [3.63, 3.8) is 0 Å². The van der Waals surface area contributed by atoms with E-state index < -0.39 is 0 Å². The number of hydrogen-bond acceptors (Lipinski definition) is 4. The summed E-state index contributed by atoms with van der Waals surface area (Å²) in [5.41, 5.74) is 7.77. The van der Waals surface area contributed by atoms with Gasteiger partial charge in [0.15, 0.2) is 0 Å². The average molecular weight is 226 g/mol. The fourth-order valence-electron chi connectivity index (χ4n) is 1.96. The maximum atomic E-state index is 5.80. The van der Waals surface area contributed by atoms with Gasteiger partial charge in [-0.15, -0.1) is 0 Å². The van der Waals surface area contributed by atoms with Crippen LogP contribution in [0.5, 0.6) is 0 Å².